The van der Waals surface area contributed by atoms with Crippen molar-refractivity contribution in [3.05, 3.63) is 59.2 Å². The van der Waals surface area contributed by atoms with E-state index in [9.17, 15) is 4.79 Å². The molecule has 0 atom stereocenters. The maximum Gasteiger partial charge on any atom is 0.437 e. The van der Waals surface area contributed by atoms with Gasteiger partial charge in [0.05, 0.1) is 11.2 Å². The van der Waals surface area contributed by atoms with Crippen LogP contribution in [0.1, 0.15) is 5.69 Å². The van der Waals surface area contributed by atoms with Gasteiger partial charge in [-0.15, -0.1) is 5.10 Å². The summed E-state index contributed by atoms with van der Waals surface area (Å²) in [6, 6.07) is 14.3. The van der Waals surface area contributed by atoms with Crippen LogP contribution < -0.4 is 10.2 Å². The highest BCUT2D eigenvalue weighted by atomic mass is 35.5. The number of hydrogen-bond acceptors (Lipinski definition) is 3. The Hall–Kier alpha value is -2.53. The van der Waals surface area contributed by atoms with Crippen LogP contribution in [-0.4, -0.2) is 16.0 Å². The van der Waals surface area contributed by atoms with Gasteiger partial charge in [0.2, 0.25) is 0 Å². The maximum absolute atomic E-state index is 11.9. The minimum atomic E-state index is -0.617. The van der Waals surface area contributed by atoms with E-state index in [2.05, 4.69) is 10.4 Å². The lowest BCUT2D eigenvalue weighted by molar-refractivity contribution is 0.128. The third kappa shape index (κ3) is 2.83. The van der Waals surface area contributed by atoms with E-state index < -0.39 is 6.09 Å². The number of aryl methyl sites for hydroxylation is 1. The van der Waals surface area contributed by atoms with Gasteiger partial charge in [0.1, 0.15) is 0 Å². The Labute approximate surface area is 126 Å². The lowest BCUT2D eigenvalue weighted by Crippen LogP contribution is -2.26. The summed E-state index contributed by atoms with van der Waals surface area (Å²) in [5.74, 6) is 0. The molecule has 0 radical (unpaired) electrons. The molecule has 3 rings (SSSR count). The van der Waals surface area contributed by atoms with Gasteiger partial charge in [0.15, 0.2) is 0 Å². The van der Waals surface area contributed by atoms with Gasteiger partial charge in [0, 0.05) is 16.1 Å². The first-order valence-electron chi connectivity index (χ1n) is 6.33. The molecule has 1 N–H and O–H groups in total. The highest BCUT2D eigenvalue weighted by molar-refractivity contribution is 6.30. The van der Waals surface area contributed by atoms with Crippen molar-refractivity contribution in [3.8, 4) is 0 Å². The third-order valence-corrected chi connectivity index (χ3v) is 3.29. The standard InChI is InChI=1S/C15H12ClN3O2/c1-10-13-4-2-3-5-14(13)18-19(10)21-15(20)17-12-8-6-11(16)7-9-12/h2-9H,1H3,(H,17,20). The van der Waals surface area contributed by atoms with E-state index >= 15 is 0 Å². The molecular weight excluding hydrogens is 290 g/mol. The molecular formula is C15H12ClN3O2. The SMILES string of the molecule is Cc1c2ccccc2nn1OC(=O)Nc1ccc(Cl)cc1. The first-order valence-corrected chi connectivity index (χ1v) is 6.70. The molecule has 6 heteroatoms. The van der Waals surface area contributed by atoms with Crippen LogP contribution >= 0.6 is 11.6 Å². The Bertz CT molecular complexity index is 796. The molecule has 1 aromatic heterocycles. The Morgan fingerprint density at radius 3 is 2.62 bits per heavy atom. The number of anilines is 1. The fraction of sp³-hybridized carbons (Fsp3) is 0.0667. The summed E-state index contributed by atoms with van der Waals surface area (Å²) in [6.45, 7) is 1.84. The van der Waals surface area contributed by atoms with Crippen molar-refractivity contribution < 1.29 is 9.63 Å². The van der Waals surface area contributed by atoms with Crippen molar-refractivity contribution in [3.63, 3.8) is 0 Å². The van der Waals surface area contributed by atoms with Gasteiger partial charge in [-0.1, -0.05) is 34.6 Å². The van der Waals surface area contributed by atoms with Gasteiger partial charge in [-0.25, -0.2) is 4.79 Å². The predicted octanol–water partition coefficient (Wildman–Crippen LogP) is 3.66. The van der Waals surface area contributed by atoms with Crippen LogP contribution in [0, 0.1) is 6.92 Å². The number of hydrogen-bond donors (Lipinski definition) is 1. The van der Waals surface area contributed by atoms with Gasteiger partial charge in [-0.3, -0.25) is 10.2 Å². The fourth-order valence-corrected chi connectivity index (χ4v) is 2.11. The first kappa shape index (κ1) is 13.5. The predicted molar refractivity (Wildman–Crippen MR) is 81.5 cm³/mol. The molecule has 0 saturated carbocycles. The molecule has 0 spiro atoms. The summed E-state index contributed by atoms with van der Waals surface area (Å²) in [5.41, 5.74) is 2.13. The van der Waals surface area contributed by atoms with Crippen LogP contribution in [0.4, 0.5) is 10.5 Å². The second kappa shape index (κ2) is 5.46. The second-order valence-electron chi connectivity index (χ2n) is 4.49. The van der Waals surface area contributed by atoms with E-state index in [4.69, 9.17) is 16.4 Å². The van der Waals surface area contributed by atoms with Gasteiger partial charge in [-0.05, 0) is 37.3 Å². The zero-order chi connectivity index (χ0) is 14.8. The van der Waals surface area contributed by atoms with Crippen LogP contribution in [0.15, 0.2) is 48.5 Å². The number of nitrogens with zero attached hydrogens (tertiary/aromatic N) is 2. The average molecular weight is 302 g/mol. The monoisotopic (exact) mass is 301 g/mol. The average Bonchev–Trinajstić information content (AvgIpc) is 2.78. The minimum absolute atomic E-state index is 0.596. The van der Waals surface area contributed by atoms with Crippen LogP contribution in [0.2, 0.25) is 5.02 Å². The number of amides is 1. The normalized spacial score (nSPS) is 10.6. The third-order valence-electron chi connectivity index (χ3n) is 3.04. The largest absolute Gasteiger partial charge is 0.437 e. The Balaban J connectivity index is 1.77. The van der Waals surface area contributed by atoms with Crippen molar-refractivity contribution >= 4 is 34.3 Å². The lowest BCUT2D eigenvalue weighted by Gasteiger charge is -2.06. The molecule has 0 unspecified atom stereocenters. The summed E-state index contributed by atoms with van der Waals surface area (Å²) in [6.07, 6.45) is -0.617. The molecule has 5 nitrogen and oxygen atoms in total. The highest BCUT2D eigenvalue weighted by Gasteiger charge is 2.11. The van der Waals surface area contributed by atoms with Crippen LogP contribution in [-0.2, 0) is 0 Å². The number of carbonyl (C=O) groups is 1. The summed E-state index contributed by atoms with van der Waals surface area (Å²) in [7, 11) is 0. The summed E-state index contributed by atoms with van der Waals surface area (Å²) in [4.78, 5) is 18.3. The zero-order valence-corrected chi connectivity index (χ0v) is 12.0. The van der Waals surface area contributed by atoms with E-state index in [1.807, 2.05) is 31.2 Å². The van der Waals surface area contributed by atoms with Gasteiger partial charge >= 0.3 is 6.09 Å². The number of rotatable bonds is 2. The Morgan fingerprint density at radius 2 is 1.90 bits per heavy atom. The van der Waals surface area contributed by atoms with Crippen molar-refractivity contribution in [2.45, 2.75) is 6.92 Å². The molecule has 21 heavy (non-hydrogen) atoms. The van der Waals surface area contributed by atoms with Crippen molar-refractivity contribution in [2.24, 2.45) is 0 Å². The van der Waals surface area contributed by atoms with E-state index in [0.717, 1.165) is 16.6 Å². The number of aromatic nitrogens is 2. The van der Waals surface area contributed by atoms with Crippen LogP contribution in [0.5, 0.6) is 0 Å². The molecule has 0 aliphatic heterocycles. The molecule has 1 amide bonds. The van der Waals surface area contributed by atoms with Crippen molar-refractivity contribution in [1.82, 2.24) is 9.94 Å². The molecule has 0 saturated heterocycles. The Morgan fingerprint density at radius 1 is 1.19 bits per heavy atom. The number of halogens is 1. The van der Waals surface area contributed by atoms with Crippen LogP contribution in [0.3, 0.4) is 0 Å². The quantitative estimate of drug-likeness (QED) is 0.786. The molecule has 0 aliphatic carbocycles. The number of fused-ring (bicyclic) bond motifs is 1. The zero-order valence-electron chi connectivity index (χ0n) is 11.2. The maximum atomic E-state index is 11.9. The smallest absolute Gasteiger partial charge is 0.299 e. The molecule has 2 aromatic carbocycles. The second-order valence-corrected chi connectivity index (χ2v) is 4.92. The number of benzene rings is 2. The molecule has 0 aliphatic rings. The highest BCUT2D eigenvalue weighted by Crippen LogP contribution is 2.16. The summed E-state index contributed by atoms with van der Waals surface area (Å²) >= 11 is 5.79. The number of nitrogens with one attached hydrogen (secondary N) is 1. The molecule has 0 fully saturated rings. The number of carbonyl (C=O) groups excluding carboxylic acids is 1. The first-order chi connectivity index (χ1) is 10.1. The fourth-order valence-electron chi connectivity index (χ4n) is 1.98. The summed E-state index contributed by atoms with van der Waals surface area (Å²) < 4.78 is 0. The molecule has 3 aromatic rings. The topological polar surface area (TPSA) is 56.2 Å². The van der Waals surface area contributed by atoms with E-state index in [0.29, 0.717) is 10.7 Å². The minimum Gasteiger partial charge on any atom is -0.299 e. The van der Waals surface area contributed by atoms with Gasteiger partial charge in [-0.2, -0.15) is 0 Å². The lowest BCUT2D eigenvalue weighted by atomic mass is 10.2. The molecule has 106 valence electrons. The Kier molecular flexibility index (Phi) is 3.50. The van der Waals surface area contributed by atoms with Crippen molar-refractivity contribution in [2.75, 3.05) is 5.32 Å². The van der Waals surface area contributed by atoms with E-state index in [1.54, 1.807) is 24.3 Å². The summed E-state index contributed by atoms with van der Waals surface area (Å²) in [5, 5.41) is 8.37. The van der Waals surface area contributed by atoms with Crippen molar-refractivity contribution in [1.29, 1.82) is 0 Å². The van der Waals surface area contributed by atoms with Gasteiger partial charge < -0.3 is 0 Å². The molecule has 0 bridgehead atoms. The van der Waals surface area contributed by atoms with E-state index in [1.165, 1.54) is 4.85 Å². The van der Waals surface area contributed by atoms with E-state index in [-0.39, 0.29) is 0 Å². The van der Waals surface area contributed by atoms with Crippen LogP contribution in [0.25, 0.3) is 10.9 Å². The molecule has 1 heterocycles. The van der Waals surface area contributed by atoms with Gasteiger partial charge in [0.25, 0.3) is 0 Å².